The van der Waals surface area contributed by atoms with Crippen LogP contribution in [-0.2, 0) is 14.4 Å². The van der Waals surface area contributed by atoms with E-state index in [1.54, 1.807) is 0 Å². The molecule has 11 heteroatoms. The highest BCUT2D eigenvalue weighted by Crippen LogP contribution is 2.51. The number of carboxylic acid groups (broad SMARTS) is 2. The molecule has 0 bridgehead atoms. The summed E-state index contributed by atoms with van der Waals surface area (Å²) in [6, 6.07) is -0.798. The second-order valence-electron chi connectivity index (χ2n) is 4.91. The Balaban J connectivity index is 2.40. The normalized spacial score (nSPS) is 31.3. The van der Waals surface area contributed by atoms with Gasteiger partial charge in [0.2, 0.25) is 5.91 Å². The third-order valence-corrected chi connectivity index (χ3v) is 5.82. The number of amides is 1. The summed E-state index contributed by atoms with van der Waals surface area (Å²) in [5.41, 5.74) is 3.40. The first kappa shape index (κ1) is 17.0. The number of halogens is 3. The summed E-state index contributed by atoms with van der Waals surface area (Å²) in [6.45, 7) is -0.493. The van der Waals surface area contributed by atoms with E-state index < -0.39 is 50.3 Å². The number of fused-ring (bicyclic) bond motifs is 1. The van der Waals surface area contributed by atoms with Gasteiger partial charge in [0, 0.05) is 18.2 Å². The van der Waals surface area contributed by atoms with Gasteiger partial charge in [-0.1, -0.05) is 34.8 Å². The molecule has 0 aliphatic carbocycles. The largest absolute Gasteiger partial charge is 0.480 e. The summed E-state index contributed by atoms with van der Waals surface area (Å²) in [5, 5.41) is 17.3. The van der Waals surface area contributed by atoms with Crippen LogP contribution in [0.15, 0.2) is 0 Å². The predicted molar refractivity (Wildman–Crippen MR) is 77.5 cm³/mol. The maximum absolute atomic E-state index is 11.6. The van der Waals surface area contributed by atoms with Crippen LogP contribution in [-0.4, -0.2) is 60.0 Å². The van der Waals surface area contributed by atoms with Crippen molar-refractivity contribution in [3.05, 3.63) is 0 Å². The Morgan fingerprint density at radius 3 is 2.33 bits per heavy atom. The van der Waals surface area contributed by atoms with Crippen LogP contribution in [0.3, 0.4) is 0 Å². The molecule has 0 saturated carbocycles. The first-order valence-electron chi connectivity index (χ1n) is 5.76. The second kappa shape index (κ2) is 5.34. The van der Waals surface area contributed by atoms with Crippen LogP contribution < -0.4 is 5.73 Å². The van der Waals surface area contributed by atoms with Crippen LogP contribution in [0.25, 0.3) is 0 Å². The molecular formula is C10H11Cl3N2O5S. The Hall–Kier alpha value is -0.410. The number of carbonyl (C=O) groups is 3. The molecule has 21 heavy (non-hydrogen) atoms. The maximum Gasteiger partial charge on any atom is 0.324 e. The average molecular weight is 378 g/mol. The average Bonchev–Trinajstić information content (AvgIpc) is 2.34. The molecule has 118 valence electrons. The molecule has 2 unspecified atom stereocenters. The molecule has 2 aliphatic rings. The van der Waals surface area contributed by atoms with E-state index in [2.05, 4.69) is 0 Å². The standard InChI is InChI=1S/C10H11Cl3N2O5S/c11-10(12,13)1-3-9(7(17)18,8(19)20)2-15-5(16)4(14)6(15)21-3/h3-4,6H,1-2,14H2,(H,17,18)(H,19,20)/t3?,4?,6-/m1/s1. The fourth-order valence-corrected chi connectivity index (χ4v) is 5.01. The number of hydrogen-bond donors (Lipinski definition) is 3. The van der Waals surface area contributed by atoms with Crippen molar-refractivity contribution in [1.82, 2.24) is 4.90 Å². The molecule has 0 spiro atoms. The molecular weight excluding hydrogens is 367 g/mol. The third-order valence-electron chi connectivity index (χ3n) is 3.64. The number of carboxylic acids is 2. The second-order valence-corrected chi connectivity index (χ2v) is 8.75. The van der Waals surface area contributed by atoms with Crippen LogP contribution in [0.5, 0.6) is 0 Å². The number of carbonyl (C=O) groups excluding carboxylic acids is 1. The number of alkyl halides is 3. The van der Waals surface area contributed by atoms with Gasteiger partial charge in [-0.15, -0.1) is 11.8 Å². The molecule has 2 heterocycles. The Morgan fingerprint density at radius 2 is 1.90 bits per heavy atom. The number of β-lactam (4-membered cyclic amide) rings is 1. The molecule has 1 amide bonds. The lowest BCUT2D eigenvalue weighted by atomic mass is 9.80. The van der Waals surface area contributed by atoms with E-state index in [0.717, 1.165) is 16.7 Å². The molecule has 0 radical (unpaired) electrons. The fourth-order valence-electron chi connectivity index (χ4n) is 2.47. The van der Waals surface area contributed by atoms with E-state index >= 15 is 0 Å². The van der Waals surface area contributed by atoms with E-state index in [9.17, 15) is 24.6 Å². The van der Waals surface area contributed by atoms with Crippen LogP contribution >= 0.6 is 46.6 Å². The Morgan fingerprint density at radius 1 is 1.38 bits per heavy atom. The third kappa shape index (κ3) is 2.68. The van der Waals surface area contributed by atoms with Gasteiger partial charge in [0.15, 0.2) is 9.21 Å². The van der Waals surface area contributed by atoms with Gasteiger partial charge in [0.25, 0.3) is 0 Å². The van der Waals surface area contributed by atoms with Crippen molar-refractivity contribution in [3.8, 4) is 0 Å². The van der Waals surface area contributed by atoms with Crippen molar-refractivity contribution in [2.24, 2.45) is 11.1 Å². The van der Waals surface area contributed by atoms with Gasteiger partial charge in [0.05, 0.1) is 0 Å². The summed E-state index contributed by atoms with van der Waals surface area (Å²) in [6.07, 6.45) is -0.286. The van der Waals surface area contributed by atoms with Crippen LogP contribution in [0.2, 0.25) is 0 Å². The zero-order chi connectivity index (χ0) is 16.2. The number of nitrogens with two attached hydrogens (primary N) is 1. The number of nitrogens with zero attached hydrogens (tertiary/aromatic N) is 1. The molecule has 2 saturated heterocycles. The van der Waals surface area contributed by atoms with Crippen molar-refractivity contribution in [1.29, 1.82) is 0 Å². The highest BCUT2D eigenvalue weighted by molar-refractivity contribution is 8.00. The molecule has 4 N–H and O–H groups in total. The minimum atomic E-state index is -2.24. The monoisotopic (exact) mass is 376 g/mol. The minimum absolute atomic E-state index is 0.286. The molecule has 0 aromatic heterocycles. The number of thioether (sulfide) groups is 1. The summed E-state index contributed by atoms with van der Waals surface area (Å²) in [7, 11) is 0. The lowest BCUT2D eigenvalue weighted by Gasteiger charge is -2.54. The highest BCUT2D eigenvalue weighted by atomic mass is 35.6. The summed E-state index contributed by atoms with van der Waals surface area (Å²) in [5.74, 6) is -3.63. The van der Waals surface area contributed by atoms with E-state index in [1.165, 1.54) is 0 Å². The fraction of sp³-hybridized carbons (Fsp3) is 0.700. The van der Waals surface area contributed by atoms with E-state index in [1.807, 2.05) is 0 Å². The van der Waals surface area contributed by atoms with Gasteiger partial charge in [0.1, 0.15) is 11.4 Å². The van der Waals surface area contributed by atoms with Gasteiger partial charge in [-0.05, 0) is 0 Å². The molecule has 3 atom stereocenters. The molecule has 2 aliphatic heterocycles. The lowest BCUT2D eigenvalue weighted by Crippen LogP contribution is -2.75. The molecule has 7 nitrogen and oxygen atoms in total. The van der Waals surface area contributed by atoms with E-state index in [0.29, 0.717) is 0 Å². The highest BCUT2D eigenvalue weighted by Gasteiger charge is 2.65. The first-order valence-corrected chi connectivity index (χ1v) is 7.83. The quantitative estimate of drug-likeness (QED) is 0.372. The van der Waals surface area contributed by atoms with Crippen molar-refractivity contribution in [2.45, 2.75) is 26.9 Å². The summed E-state index contributed by atoms with van der Waals surface area (Å²) < 4.78 is -1.81. The molecule has 2 rings (SSSR count). The van der Waals surface area contributed by atoms with Gasteiger partial charge >= 0.3 is 11.9 Å². The van der Waals surface area contributed by atoms with Gasteiger partial charge < -0.3 is 20.8 Å². The first-order chi connectivity index (χ1) is 9.50. The van der Waals surface area contributed by atoms with Crippen molar-refractivity contribution in [2.75, 3.05) is 6.54 Å². The van der Waals surface area contributed by atoms with Crippen LogP contribution in [0.4, 0.5) is 0 Å². The van der Waals surface area contributed by atoms with E-state index in [4.69, 9.17) is 40.5 Å². The Kier molecular flexibility index (Phi) is 4.31. The van der Waals surface area contributed by atoms with Crippen molar-refractivity contribution in [3.63, 3.8) is 0 Å². The summed E-state index contributed by atoms with van der Waals surface area (Å²) in [4.78, 5) is 36.0. The smallest absolute Gasteiger partial charge is 0.324 e. The van der Waals surface area contributed by atoms with Crippen LogP contribution in [0.1, 0.15) is 6.42 Å². The van der Waals surface area contributed by atoms with Crippen LogP contribution in [0, 0.1) is 5.41 Å². The lowest BCUT2D eigenvalue weighted by molar-refractivity contribution is -0.171. The van der Waals surface area contributed by atoms with E-state index in [-0.39, 0.29) is 6.42 Å². The van der Waals surface area contributed by atoms with Crippen molar-refractivity contribution < 1.29 is 24.6 Å². The summed E-state index contributed by atoms with van der Waals surface area (Å²) >= 11 is 18.0. The SMILES string of the molecule is NC1C(=O)N2CC(C(=O)O)(C(=O)O)C(CC(Cl)(Cl)Cl)S[C@H]12. The van der Waals surface area contributed by atoms with Crippen molar-refractivity contribution >= 4 is 64.4 Å². The maximum atomic E-state index is 11.6. The Bertz CT molecular complexity index is 497. The van der Waals surface area contributed by atoms with Gasteiger partial charge in [-0.3, -0.25) is 14.4 Å². The van der Waals surface area contributed by atoms with Gasteiger partial charge in [-0.2, -0.15) is 0 Å². The zero-order valence-corrected chi connectivity index (χ0v) is 13.4. The molecule has 0 aromatic carbocycles. The van der Waals surface area contributed by atoms with Gasteiger partial charge in [-0.25, -0.2) is 0 Å². The zero-order valence-electron chi connectivity index (χ0n) is 10.3. The minimum Gasteiger partial charge on any atom is -0.480 e. The predicted octanol–water partition coefficient (Wildman–Crippen LogP) is 0.513. The molecule has 0 aromatic rings. The number of aliphatic carboxylic acids is 2. The Labute approximate surface area is 138 Å². The number of hydrogen-bond acceptors (Lipinski definition) is 5. The number of rotatable bonds is 3. The topological polar surface area (TPSA) is 121 Å². The molecule has 2 fully saturated rings.